The molecule has 0 unspecified atom stereocenters. The number of halogens is 1. The lowest BCUT2D eigenvalue weighted by Gasteiger charge is -2.20. The van der Waals surface area contributed by atoms with E-state index in [9.17, 15) is 0 Å². The van der Waals surface area contributed by atoms with E-state index in [2.05, 4.69) is 29.2 Å². The van der Waals surface area contributed by atoms with E-state index in [0.29, 0.717) is 6.54 Å². The van der Waals surface area contributed by atoms with Crippen molar-refractivity contribution in [1.29, 1.82) is 0 Å². The van der Waals surface area contributed by atoms with Crippen molar-refractivity contribution in [3.8, 4) is 0 Å². The summed E-state index contributed by atoms with van der Waals surface area (Å²) in [5, 5.41) is 2.30. The molecular weight excluding hydrogens is 302 g/mol. The Morgan fingerprint density at radius 2 is 2.05 bits per heavy atom. The Kier molecular flexibility index (Phi) is 4.10. The minimum Gasteiger partial charge on any atom is -0.354 e. The van der Waals surface area contributed by atoms with Crippen LogP contribution in [-0.4, -0.2) is 12.0 Å². The Bertz CT molecular complexity index is 769. The van der Waals surface area contributed by atoms with E-state index < -0.39 is 0 Å². The molecule has 0 fully saturated rings. The third kappa shape index (κ3) is 3.02. The van der Waals surface area contributed by atoms with Crippen LogP contribution in [0.2, 0.25) is 4.34 Å². The summed E-state index contributed by atoms with van der Waals surface area (Å²) in [6.07, 6.45) is 0. The zero-order valence-corrected chi connectivity index (χ0v) is 13.3. The predicted molar refractivity (Wildman–Crippen MR) is 91.1 cm³/mol. The first kappa shape index (κ1) is 14.3. The third-order valence-electron chi connectivity index (χ3n) is 3.37. The molecule has 0 atom stereocenters. The highest BCUT2D eigenvalue weighted by atomic mass is 35.5. The Morgan fingerprint density at radius 3 is 2.76 bits per heavy atom. The first-order valence-corrected chi connectivity index (χ1v) is 7.91. The van der Waals surface area contributed by atoms with Gasteiger partial charge in [0.25, 0.3) is 0 Å². The summed E-state index contributed by atoms with van der Waals surface area (Å²) in [5.41, 5.74) is 6.67. The predicted octanol–water partition coefficient (Wildman–Crippen LogP) is 4.04. The van der Waals surface area contributed by atoms with Crippen molar-refractivity contribution in [1.82, 2.24) is 4.98 Å². The molecule has 0 saturated carbocycles. The molecule has 1 aromatic carbocycles. The van der Waals surface area contributed by atoms with E-state index in [1.54, 1.807) is 11.3 Å². The molecule has 0 saturated heterocycles. The van der Waals surface area contributed by atoms with E-state index in [1.165, 1.54) is 10.3 Å². The van der Waals surface area contributed by atoms with Gasteiger partial charge < -0.3 is 10.6 Å². The molecule has 0 amide bonds. The van der Waals surface area contributed by atoms with Gasteiger partial charge in [-0.25, -0.2) is 4.98 Å². The third-order valence-corrected chi connectivity index (χ3v) is 4.58. The maximum atomic E-state index is 6.00. The van der Waals surface area contributed by atoms with Crippen molar-refractivity contribution >= 4 is 39.5 Å². The molecule has 2 aromatic heterocycles. The van der Waals surface area contributed by atoms with Crippen LogP contribution in [0.25, 0.3) is 10.8 Å². The largest absolute Gasteiger partial charge is 0.354 e. The molecule has 2 heterocycles. The Labute approximate surface area is 133 Å². The second-order valence-corrected chi connectivity index (χ2v) is 6.72. The quantitative estimate of drug-likeness (QED) is 0.789. The van der Waals surface area contributed by atoms with Gasteiger partial charge in [-0.2, -0.15) is 0 Å². The average molecular weight is 318 g/mol. The van der Waals surface area contributed by atoms with Crippen LogP contribution in [0.5, 0.6) is 0 Å². The van der Waals surface area contributed by atoms with Crippen LogP contribution in [0.3, 0.4) is 0 Å². The SMILES string of the molecule is CN(Cc1ccc(Cl)s1)c1nc(CN)cc2ccccc12. The van der Waals surface area contributed by atoms with Crippen LogP contribution in [0.4, 0.5) is 5.82 Å². The Hall–Kier alpha value is -1.62. The van der Waals surface area contributed by atoms with Crippen molar-refractivity contribution in [3.63, 3.8) is 0 Å². The number of rotatable bonds is 4. The highest BCUT2D eigenvalue weighted by Gasteiger charge is 2.11. The molecule has 2 N–H and O–H groups in total. The van der Waals surface area contributed by atoms with Crippen LogP contribution in [0, 0.1) is 0 Å². The molecule has 108 valence electrons. The van der Waals surface area contributed by atoms with Gasteiger partial charge in [0.05, 0.1) is 16.6 Å². The minimum atomic E-state index is 0.441. The topological polar surface area (TPSA) is 42.2 Å². The van der Waals surface area contributed by atoms with E-state index >= 15 is 0 Å². The van der Waals surface area contributed by atoms with Gasteiger partial charge in [-0.3, -0.25) is 0 Å². The zero-order valence-electron chi connectivity index (χ0n) is 11.7. The lowest BCUT2D eigenvalue weighted by atomic mass is 10.1. The lowest BCUT2D eigenvalue weighted by molar-refractivity contribution is 0.897. The molecule has 0 spiro atoms. The number of benzene rings is 1. The van der Waals surface area contributed by atoms with Crippen LogP contribution in [0.1, 0.15) is 10.6 Å². The van der Waals surface area contributed by atoms with Crippen molar-refractivity contribution in [2.75, 3.05) is 11.9 Å². The summed E-state index contributed by atoms with van der Waals surface area (Å²) in [7, 11) is 2.04. The van der Waals surface area contributed by atoms with Gasteiger partial charge in [0, 0.05) is 23.9 Å². The van der Waals surface area contributed by atoms with Gasteiger partial charge in [-0.05, 0) is 23.6 Å². The van der Waals surface area contributed by atoms with Crippen LogP contribution in [0.15, 0.2) is 42.5 Å². The number of anilines is 1. The van der Waals surface area contributed by atoms with Crippen molar-refractivity contribution in [3.05, 3.63) is 57.4 Å². The van der Waals surface area contributed by atoms with E-state index in [0.717, 1.165) is 27.8 Å². The fraction of sp³-hybridized carbons (Fsp3) is 0.188. The zero-order chi connectivity index (χ0) is 14.8. The van der Waals surface area contributed by atoms with Gasteiger partial charge in [-0.15, -0.1) is 11.3 Å². The van der Waals surface area contributed by atoms with Gasteiger partial charge in [0.2, 0.25) is 0 Å². The van der Waals surface area contributed by atoms with Gasteiger partial charge >= 0.3 is 0 Å². The smallest absolute Gasteiger partial charge is 0.136 e. The number of nitrogens with zero attached hydrogens (tertiary/aromatic N) is 2. The van der Waals surface area contributed by atoms with Crippen molar-refractivity contribution < 1.29 is 0 Å². The minimum absolute atomic E-state index is 0.441. The molecule has 0 aliphatic carbocycles. The highest BCUT2D eigenvalue weighted by Crippen LogP contribution is 2.28. The van der Waals surface area contributed by atoms with Gasteiger partial charge in [-0.1, -0.05) is 35.9 Å². The highest BCUT2D eigenvalue weighted by molar-refractivity contribution is 7.16. The molecule has 5 heteroatoms. The molecule has 3 rings (SSSR count). The van der Waals surface area contributed by atoms with Crippen LogP contribution in [-0.2, 0) is 13.1 Å². The molecule has 0 bridgehead atoms. The number of fused-ring (bicyclic) bond motifs is 1. The molecule has 0 radical (unpaired) electrons. The van der Waals surface area contributed by atoms with Crippen LogP contribution < -0.4 is 10.6 Å². The number of pyridine rings is 1. The number of thiophene rings is 1. The molecule has 21 heavy (non-hydrogen) atoms. The lowest BCUT2D eigenvalue weighted by Crippen LogP contribution is -2.18. The monoisotopic (exact) mass is 317 g/mol. The first-order chi connectivity index (χ1) is 10.2. The molecule has 3 aromatic rings. The fourth-order valence-corrected chi connectivity index (χ4v) is 3.52. The summed E-state index contributed by atoms with van der Waals surface area (Å²) in [6.45, 7) is 1.22. The average Bonchev–Trinajstić information content (AvgIpc) is 2.91. The number of hydrogen-bond acceptors (Lipinski definition) is 4. The number of hydrogen-bond donors (Lipinski definition) is 1. The molecule has 0 aliphatic heterocycles. The maximum Gasteiger partial charge on any atom is 0.136 e. The summed E-state index contributed by atoms with van der Waals surface area (Å²) < 4.78 is 0.812. The van der Waals surface area contributed by atoms with Gasteiger partial charge in [0.1, 0.15) is 5.82 Å². The normalized spacial score (nSPS) is 11.0. The number of aromatic nitrogens is 1. The summed E-state index contributed by atoms with van der Waals surface area (Å²) in [6, 6.07) is 14.3. The van der Waals surface area contributed by atoms with Gasteiger partial charge in [0.15, 0.2) is 0 Å². The maximum absolute atomic E-state index is 6.00. The second-order valence-electron chi connectivity index (χ2n) is 4.92. The molecule has 0 aliphatic rings. The first-order valence-electron chi connectivity index (χ1n) is 6.71. The second kappa shape index (κ2) is 6.02. The van der Waals surface area contributed by atoms with Crippen molar-refractivity contribution in [2.24, 2.45) is 5.73 Å². The van der Waals surface area contributed by atoms with Crippen molar-refractivity contribution in [2.45, 2.75) is 13.1 Å². The van der Waals surface area contributed by atoms with E-state index in [4.69, 9.17) is 22.3 Å². The standard InChI is InChI=1S/C16H16ClN3S/c1-20(10-13-6-7-15(17)21-13)16-14-5-3-2-4-11(14)8-12(9-18)19-16/h2-8H,9-10,18H2,1H3. The van der Waals surface area contributed by atoms with Crippen LogP contribution >= 0.6 is 22.9 Å². The van der Waals surface area contributed by atoms with E-state index in [-0.39, 0.29) is 0 Å². The molecular formula is C16H16ClN3S. The Balaban J connectivity index is 2.01. The summed E-state index contributed by atoms with van der Waals surface area (Å²) >= 11 is 7.60. The van der Waals surface area contributed by atoms with E-state index in [1.807, 2.05) is 25.2 Å². The summed E-state index contributed by atoms with van der Waals surface area (Å²) in [5.74, 6) is 0.957. The number of nitrogens with two attached hydrogens (primary N) is 1. The summed E-state index contributed by atoms with van der Waals surface area (Å²) in [4.78, 5) is 8.05. The molecule has 3 nitrogen and oxygen atoms in total. The Morgan fingerprint density at radius 1 is 1.24 bits per heavy atom. The fourth-order valence-electron chi connectivity index (χ4n) is 2.38.